The van der Waals surface area contributed by atoms with Crippen LogP contribution in [0.1, 0.15) is 15.9 Å². The first-order valence-corrected chi connectivity index (χ1v) is 7.82. The normalized spacial score (nSPS) is 10.6. The van der Waals surface area contributed by atoms with Crippen LogP contribution in [0.2, 0.25) is 0 Å². The fourth-order valence-electron chi connectivity index (χ4n) is 2.71. The number of hydrogen-bond donors (Lipinski definition) is 2. The molecule has 1 heterocycles. The van der Waals surface area contributed by atoms with E-state index in [1.807, 2.05) is 6.92 Å². The lowest BCUT2D eigenvalue weighted by Crippen LogP contribution is -2.14. The van der Waals surface area contributed by atoms with Crippen molar-refractivity contribution in [3.05, 3.63) is 53.5 Å². The zero-order chi connectivity index (χ0) is 18.8. The number of halogens is 1. The van der Waals surface area contributed by atoms with Crippen molar-refractivity contribution in [2.75, 3.05) is 19.5 Å². The first-order valence-electron chi connectivity index (χ1n) is 7.82. The van der Waals surface area contributed by atoms with Gasteiger partial charge in [0.15, 0.2) is 11.5 Å². The molecular weight excluding hydrogens is 337 g/mol. The van der Waals surface area contributed by atoms with Gasteiger partial charge in [0.2, 0.25) is 0 Å². The Morgan fingerprint density at radius 3 is 2.50 bits per heavy atom. The third-order valence-electron chi connectivity index (χ3n) is 4.02. The summed E-state index contributed by atoms with van der Waals surface area (Å²) < 4.78 is 24.8. The lowest BCUT2D eigenvalue weighted by Gasteiger charge is -2.16. The van der Waals surface area contributed by atoms with Gasteiger partial charge in [0.05, 0.1) is 36.7 Å². The van der Waals surface area contributed by atoms with Crippen LogP contribution in [0.25, 0.3) is 10.9 Å². The topological polar surface area (TPSA) is 86.5 Å². The van der Waals surface area contributed by atoms with E-state index in [9.17, 15) is 9.18 Å². The first-order chi connectivity index (χ1) is 12.4. The molecule has 0 spiro atoms. The monoisotopic (exact) mass is 355 g/mol. The molecule has 2 aromatic carbocycles. The average Bonchev–Trinajstić information content (AvgIpc) is 2.63. The van der Waals surface area contributed by atoms with Gasteiger partial charge in [-0.2, -0.15) is 0 Å². The van der Waals surface area contributed by atoms with Crippen molar-refractivity contribution < 1.29 is 18.7 Å². The third kappa shape index (κ3) is 3.11. The highest BCUT2D eigenvalue weighted by atomic mass is 19.1. The number of aromatic nitrogens is 1. The van der Waals surface area contributed by atoms with Crippen LogP contribution < -0.4 is 20.5 Å². The number of amides is 1. The highest BCUT2D eigenvalue weighted by Crippen LogP contribution is 2.37. The molecule has 0 saturated heterocycles. The predicted molar refractivity (Wildman–Crippen MR) is 97.8 cm³/mol. The fourth-order valence-corrected chi connectivity index (χ4v) is 2.71. The maximum atomic E-state index is 14.2. The van der Waals surface area contributed by atoms with Crippen molar-refractivity contribution >= 4 is 28.2 Å². The standard InChI is InChI=1S/C19H18FN3O3/c1-10-4-5-13(20)15(6-10)23-18-11-7-16(25-2)17(26-3)8-14(11)22-9-12(18)19(21)24/h4-9H,1-3H3,(H2,21,24)(H,22,23). The SMILES string of the molecule is COc1cc2ncc(C(N)=O)c(Nc3cc(C)ccc3F)c2cc1OC. The van der Waals surface area contributed by atoms with Crippen molar-refractivity contribution in [2.45, 2.75) is 6.92 Å². The summed E-state index contributed by atoms with van der Waals surface area (Å²) in [5, 5.41) is 3.54. The number of pyridine rings is 1. The van der Waals surface area contributed by atoms with Crippen molar-refractivity contribution in [3.8, 4) is 11.5 Å². The molecule has 1 amide bonds. The molecule has 1 aromatic heterocycles. The molecule has 134 valence electrons. The van der Waals surface area contributed by atoms with Gasteiger partial charge in [0, 0.05) is 17.6 Å². The van der Waals surface area contributed by atoms with E-state index in [4.69, 9.17) is 15.2 Å². The Bertz CT molecular complexity index is 1000. The number of rotatable bonds is 5. The Balaban J connectivity index is 2.27. The van der Waals surface area contributed by atoms with Gasteiger partial charge in [-0.1, -0.05) is 6.07 Å². The molecule has 0 aliphatic heterocycles. The van der Waals surface area contributed by atoms with Crippen LogP contribution in [0.15, 0.2) is 36.5 Å². The molecular formula is C19H18FN3O3. The maximum Gasteiger partial charge on any atom is 0.252 e. The minimum Gasteiger partial charge on any atom is -0.493 e. The fraction of sp³-hybridized carbons (Fsp3) is 0.158. The third-order valence-corrected chi connectivity index (χ3v) is 4.02. The van der Waals surface area contributed by atoms with Gasteiger partial charge in [-0.15, -0.1) is 0 Å². The van der Waals surface area contributed by atoms with E-state index in [1.165, 1.54) is 26.5 Å². The van der Waals surface area contributed by atoms with E-state index in [0.29, 0.717) is 28.1 Å². The molecule has 3 N–H and O–H groups in total. The van der Waals surface area contributed by atoms with Crippen LogP contribution >= 0.6 is 0 Å². The number of primary amides is 1. The summed E-state index contributed by atoms with van der Waals surface area (Å²) in [5.41, 5.74) is 7.63. The second-order valence-corrected chi connectivity index (χ2v) is 5.74. The summed E-state index contributed by atoms with van der Waals surface area (Å²) in [7, 11) is 3.02. The van der Waals surface area contributed by atoms with Gasteiger partial charge < -0.3 is 20.5 Å². The zero-order valence-corrected chi connectivity index (χ0v) is 14.6. The number of nitrogens with two attached hydrogens (primary N) is 1. The first kappa shape index (κ1) is 17.5. The quantitative estimate of drug-likeness (QED) is 0.731. The number of ether oxygens (including phenoxy) is 2. The highest BCUT2D eigenvalue weighted by molar-refractivity contribution is 6.08. The Morgan fingerprint density at radius 1 is 1.15 bits per heavy atom. The van der Waals surface area contributed by atoms with E-state index in [0.717, 1.165) is 5.56 Å². The highest BCUT2D eigenvalue weighted by Gasteiger charge is 2.17. The number of benzene rings is 2. The summed E-state index contributed by atoms with van der Waals surface area (Å²) >= 11 is 0. The van der Waals surface area contributed by atoms with Gasteiger partial charge in [0.25, 0.3) is 5.91 Å². The maximum absolute atomic E-state index is 14.2. The van der Waals surface area contributed by atoms with Gasteiger partial charge in [-0.25, -0.2) is 4.39 Å². The van der Waals surface area contributed by atoms with Gasteiger partial charge in [0.1, 0.15) is 5.82 Å². The number of nitrogens with zero attached hydrogens (tertiary/aromatic N) is 1. The van der Waals surface area contributed by atoms with Crippen molar-refractivity contribution in [1.82, 2.24) is 4.98 Å². The van der Waals surface area contributed by atoms with E-state index >= 15 is 0 Å². The Kier molecular flexibility index (Phi) is 4.62. The molecule has 6 nitrogen and oxygen atoms in total. The summed E-state index contributed by atoms with van der Waals surface area (Å²) in [6.45, 7) is 1.85. The Hall–Kier alpha value is -3.35. The van der Waals surface area contributed by atoms with E-state index < -0.39 is 11.7 Å². The summed E-state index contributed by atoms with van der Waals surface area (Å²) in [4.78, 5) is 16.1. The minimum atomic E-state index is -0.676. The van der Waals surface area contributed by atoms with Crippen LogP contribution in [-0.4, -0.2) is 25.1 Å². The number of hydrogen-bond acceptors (Lipinski definition) is 5. The lowest BCUT2D eigenvalue weighted by molar-refractivity contribution is 0.100. The number of carbonyl (C=O) groups excluding carboxylic acids is 1. The largest absolute Gasteiger partial charge is 0.493 e. The summed E-state index contributed by atoms with van der Waals surface area (Å²) in [6, 6.07) is 8.01. The molecule has 26 heavy (non-hydrogen) atoms. The van der Waals surface area contributed by atoms with Gasteiger partial charge in [-0.05, 0) is 30.7 Å². The molecule has 3 rings (SSSR count). The predicted octanol–water partition coefficient (Wildman–Crippen LogP) is 3.54. The van der Waals surface area contributed by atoms with Crippen molar-refractivity contribution in [3.63, 3.8) is 0 Å². The number of nitrogens with one attached hydrogen (secondary N) is 1. The number of anilines is 2. The van der Waals surface area contributed by atoms with Crippen LogP contribution in [0, 0.1) is 12.7 Å². The van der Waals surface area contributed by atoms with Crippen LogP contribution in [-0.2, 0) is 0 Å². The van der Waals surface area contributed by atoms with Gasteiger partial charge in [-0.3, -0.25) is 9.78 Å². The van der Waals surface area contributed by atoms with E-state index in [1.54, 1.807) is 24.3 Å². The molecule has 0 atom stereocenters. The Morgan fingerprint density at radius 2 is 1.85 bits per heavy atom. The van der Waals surface area contributed by atoms with Crippen molar-refractivity contribution in [1.29, 1.82) is 0 Å². The molecule has 0 unspecified atom stereocenters. The van der Waals surface area contributed by atoms with Crippen LogP contribution in [0.5, 0.6) is 11.5 Å². The number of carbonyl (C=O) groups is 1. The second-order valence-electron chi connectivity index (χ2n) is 5.74. The minimum absolute atomic E-state index is 0.144. The molecule has 0 aliphatic rings. The van der Waals surface area contributed by atoms with Gasteiger partial charge >= 0.3 is 0 Å². The molecule has 7 heteroatoms. The molecule has 3 aromatic rings. The molecule has 0 bridgehead atoms. The molecule has 0 saturated carbocycles. The second kappa shape index (κ2) is 6.87. The Labute approximate surface area is 149 Å². The molecule has 0 aliphatic carbocycles. The summed E-state index contributed by atoms with van der Waals surface area (Å²) in [6.07, 6.45) is 1.35. The van der Waals surface area contributed by atoms with E-state index in [-0.39, 0.29) is 11.3 Å². The number of aryl methyl sites for hydroxylation is 1. The van der Waals surface area contributed by atoms with E-state index in [2.05, 4.69) is 10.3 Å². The number of fused-ring (bicyclic) bond motifs is 1. The van der Waals surface area contributed by atoms with Crippen molar-refractivity contribution in [2.24, 2.45) is 5.73 Å². The number of methoxy groups -OCH3 is 2. The molecule has 0 radical (unpaired) electrons. The lowest BCUT2D eigenvalue weighted by atomic mass is 10.1. The summed E-state index contributed by atoms with van der Waals surface area (Å²) in [5.74, 6) is -0.176. The average molecular weight is 355 g/mol. The smallest absolute Gasteiger partial charge is 0.252 e. The zero-order valence-electron chi connectivity index (χ0n) is 14.6. The molecule has 0 fully saturated rings. The van der Waals surface area contributed by atoms with Crippen LogP contribution in [0.3, 0.4) is 0 Å². The van der Waals surface area contributed by atoms with Crippen LogP contribution in [0.4, 0.5) is 15.8 Å².